The highest BCUT2D eigenvalue weighted by molar-refractivity contribution is 5.75. The molecule has 2 rings (SSSR count). The van der Waals surface area contributed by atoms with Crippen LogP contribution in [0.2, 0.25) is 0 Å². The van der Waals surface area contributed by atoms with Crippen LogP contribution in [0, 0.1) is 22.0 Å². The maximum atomic E-state index is 12.6. The average Bonchev–Trinajstić information content (AvgIpc) is 3.19. The van der Waals surface area contributed by atoms with Gasteiger partial charge in [0.1, 0.15) is 12.2 Å². The molecule has 0 radical (unpaired) electrons. The van der Waals surface area contributed by atoms with E-state index in [1.165, 1.54) is 0 Å². The van der Waals surface area contributed by atoms with Gasteiger partial charge in [-0.1, -0.05) is 48.6 Å². The predicted molar refractivity (Wildman–Crippen MR) is 155 cm³/mol. The quantitative estimate of drug-likeness (QED) is 0.0721. The third-order valence-electron chi connectivity index (χ3n) is 7.29. The topological polar surface area (TPSA) is 148 Å². The number of benzene rings is 1. The Balaban J connectivity index is 1.97. The molecule has 1 aliphatic carbocycles. The first kappa shape index (κ1) is 34.0. The van der Waals surface area contributed by atoms with Crippen molar-refractivity contribution in [2.45, 2.75) is 102 Å². The molecule has 1 aromatic rings. The van der Waals surface area contributed by atoms with Crippen LogP contribution in [0.15, 0.2) is 54.6 Å². The second-order valence-electron chi connectivity index (χ2n) is 10.6. The summed E-state index contributed by atoms with van der Waals surface area (Å²) in [5.41, 5.74) is 1.11. The molecule has 0 saturated heterocycles. The minimum atomic E-state index is -0.834. The zero-order valence-electron chi connectivity index (χ0n) is 24.2. The molecule has 1 saturated carbocycles. The van der Waals surface area contributed by atoms with Crippen molar-refractivity contribution in [2.24, 2.45) is 11.8 Å². The maximum Gasteiger partial charge on any atom is 0.306 e. The van der Waals surface area contributed by atoms with E-state index in [-0.39, 0.29) is 30.6 Å². The van der Waals surface area contributed by atoms with E-state index in [2.05, 4.69) is 10.2 Å². The van der Waals surface area contributed by atoms with E-state index in [1.54, 1.807) is 6.92 Å². The normalized spacial score (nSPS) is 22.0. The van der Waals surface area contributed by atoms with Crippen LogP contribution in [-0.4, -0.2) is 58.1 Å². The Hall–Kier alpha value is -3.24. The lowest BCUT2D eigenvalue weighted by Gasteiger charge is -2.21. The lowest BCUT2D eigenvalue weighted by molar-refractivity contribution is -0.767. The summed E-state index contributed by atoms with van der Waals surface area (Å²) in [5.74, 6) is -0.820. The van der Waals surface area contributed by atoms with Crippen LogP contribution in [0.25, 0.3) is 0 Å². The van der Waals surface area contributed by atoms with Crippen LogP contribution in [0.3, 0.4) is 0 Å². The highest BCUT2D eigenvalue weighted by Crippen LogP contribution is 2.36. The Bertz CT molecular complexity index is 984. The number of carbonyl (C=O) groups is 2. The number of carbonyl (C=O) groups excluding carboxylic acids is 2. The van der Waals surface area contributed by atoms with Gasteiger partial charge in [0.05, 0.1) is 12.2 Å². The highest BCUT2D eigenvalue weighted by atomic mass is 17.0. The number of ether oxygens (including phenoxy) is 1. The molecule has 1 amide bonds. The molecule has 1 fully saturated rings. The van der Waals surface area contributed by atoms with Gasteiger partial charge in [0.2, 0.25) is 5.91 Å². The third kappa shape index (κ3) is 13.8. The fourth-order valence-electron chi connectivity index (χ4n) is 5.11. The standard InChI is InChI=1S/C31H46N2O8/c1-3-32-30(36)16-10-5-4-9-15-26-27(29(35)22-28(26)34)21-20-25(19-18-24-13-7-6-8-14-24)40-31(37)17-11-12-23(2)41-33(38)39/h4,6-9,13-14,20-21,23,25-29,34-35H,3,5,10-12,15-19,22H2,1-2H3,(H,32,36)/t23-,25-,26+,27+,28-,29+/m0/s1. The molecule has 0 bridgehead atoms. The molecular formula is C31H46N2O8. The molecular weight excluding hydrogens is 528 g/mol. The lowest BCUT2D eigenvalue weighted by Crippen LogP contribution is -2.22. The van der Waals surface area contributed by atoms with Gasteiger partial charge in [0, 0.05) is 31.7 Å². The van der Waals surface area contributed by atoms with Crippen molar-refractivity contribution in [3.8, 4) is 0 Å². The van der Waals surface area contributed by atoms with E-state index in [9.17, 15) is 29.9 Å². The van der Waals surface area contributed by atoms with E-state index in [1.807, 2.05) is 61.6 Å². The van der Waals surface area contributed by atoms with Crippen LogP contribution in [0.5, 0.6) is 0 Å². The zero-order chi connectivity index (χ0) is 30.0. The van der Waals surface area contributed by atoms with Crippen molar-refractivity contribution >= 4 is 11.9 Å². The van der Waals surface area contributed by atoms with Gasteiger partial charge in [-0.2, -0.15) is 0 Å². The largest absolute Gasteiger partial charge is 0.458 e. The first-order valence-corrected chi connectivity index (χ1v) is 14.7. The van der Waals surface area contributed by atoms with Crippen molar-refractivity contribution in [1.29, 1.82) is 0 Å². The fraction of sp³-hybridized carbons (Fsp3) is 0.613. The summed E-state index contributed by atoms with van der Waals surface area (Å²) in [6.45, 7) is 4.10. The van der Waals surface area contributed by atoms with Crippen molar-refractivity contribution in [3.63, 3.8) is 0 Å². The summed E-state index contributed by atoms with van der Waals surface area (Å²) in [5, 5.41) is 33.7. The Kier molecular flexibility index (Phi) is 15.7. The van der Waals surface area contributed by atoms with Gasteiger partial charge in [-0.3, -0.25) is 9.59 Å². The molecule has 228 valence electrons. The number of unbranched alkanes of at least 4 members (excludes halogenated alkanes) is 1. The smallest absolute Gasteiger partial charge is 0.306 e. The van der Waals surface area contributed by atoms with Gasteiger partial charge in [-0.15, -0.1) is 10.1 Å². The minimum Gasteiger partial charge on any atom is -0.458 e. The number of aliphatic hydroxyl groups excluding tert-OH is 2. The molecule has 10 heteroatoms. The Morgan fingerprint density at radius 1 is 1.12 bits per heavy atom. The maximum absolute atomic E-state index is 12.6. The molecule has 0 spiro atoms. The van der Waals surface area contributed by atoms with E-state index in [4.69, 9.17) is 4.74 Å². The molecule has 6 atom stereocenters. The summed E-state index contributed by atoms with van der Waals surface area (Å²) in [7, 11) is 0. The number of esters is 1. The molecule has 10 nitrogen and oxygen atoms in total. The van der Waals surface area contributed by atoms with Gasteiger partial charge in [-0.05, 0) is 76.4 Å². The van der Waals surface area contributed by atoms with Crippen LogP contribution < -0.4 is 5.32 Å². The first-order valence-electron chi connectivity index (χ1n) is 14.7. The molecule has 41 heavy (non-hydrogen) atoms. The third-order valence-corrected chi connectivity index (χ3v) is 7.29. The monoisotopic (exact) mass is 574 g/mol. The number of aliphatic hydroxyl groups is 2. The number of hydrogen-bond acceptors (Lipinski definition) is 8. The second-order valence-corrected chi connectivity index (χ2v) is 10.6. The van der Waals surface area contributed by atoms with Crippen molar-refractivity contribution < 1.29 is 34.5 Å². The van der Waals surface area contributed by atoms with E-state index in [0.717, 1.165) is 18.4 Å². The summed E-state index contributed by atoms with van der Waals surface area (Å²) in [6.07, 6.45) is 10.2. The van der Waals surface area contributed by atoms with Gasteiger partial charge in [0.15, 0.2) is 0 Å². The Morgan fingerprint density at radius 2 is 1.88 bits per heavy atom. The summed E-state index contributed by atoms with van der Waals surface area (Å²) in [4.78, 5) is 39.1. The number of amides is 1. The molecule has 0 aliphatic heterocycles. The van der Waals surface area contributed by atoms with Crippen LogP contribution in [-0.2, 0) is 25.6 Å². The number of allylic oxidation sites excluding steroid dienone is 2. The molecule has 0 unspecified atom stereocenters. The molecule has 1 aromatic carbocycles. The molecule has 0 heterocycles. The van der Waals surface area contributed by atoms with E-state index < -0.39 is 35.5 Å². The van der Waals surface area contributed by atoms with Gasteiger partial charge >= 0.3 is 5.97 Å². The van der Waals surface area contributed by atoms with E-state index in [0.29, 0.717) is 45.1 Å². The molecule has 1 aliphatic rings. The van der Waals surface area contributed by atoms with Gasteiger partial charge < -0.3 is 25.1 Å². The zero-order valence-corrected chi connectivity index (χ0v) is 24.2. The first-order chi connectivity index (χ1) is 19.7. The fourth-order valence-corrected chi connectivity index (χ4v) is 5.11. The lowest BCUT2D eigenvalue weighted by atomic mass is 9.89. The Labute approximate surface area is 242 Å². The second kappa shape index (κ2) is 19.0. The van der Waals surface area contributed by atoms with E-state index >= 15 is 0 Å². The van der Waals surface area contributed by atoms with Gasteiger partial charge in [-0.25, -0.2) is 0 Å². The van der Waals surface area contributed by atoms with Crippen LogP contribution in [0.4, 0.5) is 0 Å². The predicted octanol–water partition coefficient (Wildman–Crippen LogP) is 4.46. The van der Waals surface area contributed by atoms with Gasteiger partial charge in [0.25, 0.3) is 5.09 Å². The Morgan fingerprint density at radius 3 is 2.59 bits per heavy atom. The number of hydrogen-bond donors (Lipinski definition) is 3. The number of aryl methyl sites for hydroxylation is 1. The van der Waals surface area contributed by atoms with Crippen LogP contribution in [0.1, 0.15) is 77.2 Å². The van der Waals surface area contributed by atoms with Crippen molar-refractivity contribution in [1.82, 2.24) is 5.32 Å². The number of rotatable bonds is 19. The summed E-state index contributed by atoms with van der Waals surface area (Å²) in [6, 6.07) is 9.86. The molecule has 0 aromatic heterocycles. The van der Waals surface area contributed by atoms with Crippen molar-refractivity contribution in [2.75, 3.05) is 6.54 Å². The van der Waals surface area contributed by atoms with Crippen LogP contribution >= 0.6 is 0 Å². The summed E-state index contributed by atoms with van der Waals surface area (Å²) >= 11 is 0. The van der Waals surface area contributed by atoms with Crippen molar-refractivity contribution in [3.05, 3.63) is 70.3 Å². The SMILES string of the molecule is CCNC(=O)CCCC=CC[C@@H]1[C@@H](C=C[C@H](CCc2ccccc2)OC(=O)CCC[C@H](C)O[N+](=O)[O-])[C@H](O)C[C@@H]1O. The minimum absolute atomic E-state index is 0.0429. The summed E-state index contributed by atoms with van der Waals surface area (Å²) < 4.78 is 5.76. The highest BCUT2D eigenvalue weighted by Gasteiger charge is 2.39. The average molecular weight is 575 g/mol. The molecule has 3 N–H and O–H groups in total. The number of nitrogens with zero attached hydrogens (tertiary/aromatic N) is 1. The number of nitrogens with one attached hydrogen (secondary N) is 1.